The van der Waals surface area contributed by atoms with Gasteiger partial charge in [0.2, 0.25) is 5.82 Å². The Morgan fingerprint density at radius 2 is 1.87 bits per heavy atom. The number of hydrogen-bond acceptors (Lipinski definition) is 8. The summed E-state index contributed by atoms with van der Waals surface area (Å²) >= 11 is 0. The van der Waals surface area contributed by atoms with Crippen LogP contribution in [0.3, 0.4) is 0 Å². The van der Waals surface area contributed by atoms with Gasteiger partial charge in [-0.05, 0) is 42.8 Å². The molecule has 0 unspecified atom stereocenters. The van der Waals surface area contributed by atoms with E-state index >= 15 is 0 Å². The second-order valence-electron chi connectivity index (χ2n) is 6.00. The Bertz CT molecular complexity index is 1030. The molecule has 2 aromatic carbocycles. The Balaban J connectivity index is 1.60. The summed E-state index contributed by atoms with van der Waals surface area (Å²) in [6, 6.07) is 12.7. The maximum Gasteiger partial charge on any atom is 0.331 e. The summed E-state index contributed by atoms with van der Waals surface area (Å²) in [5, 5.41) is 3.94. The number of carbonyl (C=O) groups is 1. The molecule has 156 valence electrons. The number of hydrogen-bond donors (Lipinski definition) is 0. The van der Waals surface area contributed by atoms with Crippen LogP contribution in [-0.4, -0.2) is 36.9 Å². The van der Waals surface area contributed by atoms with Crippen molar-refractivity contribution < 1.29 is 28.3 Å². The van der Waals surface area contributed by atoms with Crippen LogP contribution in [0.4, 0.5) is 0 Å². The zero-order valence-electron chi connectivity index (χ0n) is 17.0. The Kier molecular flexibility index (Phi) is 7.05. The quantitative estimate of drug-likeness (QED) is 0.387. The molecule has 8 heteroatoms. The van der Waals surface area contributed by atoms with E-state index in [9.17, 15) is 4.79 Å². The molecule has 0 aliphatic rings. The number of aromatic nitrogens is 2. The molecular formula is C22H22N2O6. The first kappa shape index (κ1) is 20.9. The predicted octanol–water partition coefficient (Wildman–Crippen LogP) is 3.91. The SMILES string of the molecule is CCOc1ccccc1-c1noc(COC(=O)/C=C/c2ccc(OC)c(OC)c2)n1. The molecule has 0 amide bonds. The van der Waals surface area contributed by atoms with Gasteiger partial charge < -0.3 is 23.5 Å². The monoisotopic (exact) mass is 410 g/mol. The molecule has 3 rings (SSSR count). The number of rotatable bonds is 9. The fourth-order valence-corrected chi connectivity index (χ4v) is 2.66. The lowest BCUT2D eigenvalue weighted by atomic mass is 10.2. The fraction of sp³-hybridized carbons (Fsp3) is 0.227. The molecular weight excluding hydrogens is 388 g/mol. The molecule has 8 nitrogen and oxygen atoms in total. The smallest absolute Gasteiger partial charge is 0.331 e. The molecule has 0 fully saturated rings. The summed E-state index contributed by atoms with van der Waals surface area (Å²) < 4.78 is 26.3. The Morgan fingerprint density at radius 1 is 1.07 bits per heavy atom. The fourth-order valence-electron chi connectivity index (χ4n) is 2.66. The molecule has 0 saturated carbocycles. The van der Waals surface area contributed by atoms with Crippen LogP contribution in [0.2, 0.25) is 0 Å². The van der Waals surface area contributed by atoms with Gasteiger partial charge in [-0.3, -0.25) is 0 Å². The van der Waals surface area contributed by atoms with E-state index in [4.69, 9.17) is 23.5 Å². The van der Waals surface area contributed by atoms with Gasteiger partial charge in [-0.1, -0.05) is 23.4 Å². The number of benzene rings is 2. The molecule has 1 aromatic heterocycles. The average Bonchev–Trinajstić information content (AvgIpc) is 3.25. The van der Waals surface area contributed by atoms with Gasteiger partial charge in [0.05, 0.1) is 26.4 Å². The van der Waals surface area contributed by atoms with E-state index in [0.29, 0.717) is 35.2 Å². The predicted molar refractivity (Wildman–Crippen MR) is 109 cm³/mol. The first-order chi connectivity index (χ1) is 14.6. The van der Waals surface area contributed by atoms with Gasteiger partial charge >= 0.3 is 5.97 Å². The molecule has 0 atom stereocenters. The van der Waals surface area contributed by atoms with Crippen LogP contribution >= 0.6 is 0 Å². The maximum atomic E-state index is 12.0. The van der Waals surface area contributed by atoms with Crippen molar-refractivity contribution in [3.8, 4) is 28.6 Å². The summed E-state index contributed by atoms with van der Waals surface area (Å²) in [5.41, 5.74) is 1.46. The minimum Gasteiger partial charge on any atom is -0.493 e. The van der Waals surface area contributed by atoms with Crippen LogP contribution in [0.25, 0.3) is 17.5 Å². The summed E-state index contributed by atoms with van der Waals surface area (Å²) in [6.07, 6.45) is 2.92. The minimum atomic E-state index is -0.542. The number of ether oxygens (including phenoxy) is 4. The lowest BCUT2D eigenvalue weighted by molar-refractivity contribution is -0.139. The molecule has 0 radical (unpaired) electrons. The van der Waals surface area contributed by atoms with Gasteiger partial charge in [0.25, 0.3) is 5.89 Å². The molecule has 1 heterocycles. The Hall–Kier alpha value is -3.81. The summed E-state index contributed by atoms with van der Waals surface area (Å²) in [5.74, 6) is 1.84. The number of esters is 1. The highest BCUT2D eigenvalue weighted by molar-refractivity contribution is 5.87. The van der Waals surface area contributed by atoms with Crippen LogP contribution in [0.1, 0.15) is 18.4 Å². The molecule has 0 saturated heterocycles. The summed E-state index contributed by atoms with van der Waals surface area (Å²) in [6.45, 7) is 2.28. The van der Waals surface area contributed by atoms with E-state index < -0.39 is 5.97 Å². The standard InChI is InChI=1S/C22H22N2O6/c1-4-28-17-8-6-5-7-16(17)22-23-20(30-24-22)14-29-21(25)12-10-15-9-11-18(26-2)19(13-15)27-3/h5-13H,4,14H2,1-3H3/b12-10+. The first-order valence-electron chi connectivity index (χ1n) is 9.26. The number of para-hydroxylation sites is 1. The van der Waals surface area contributed by atoms with Gasteiger partial charge in [-0.2, -0.15) is 4.98 Å². The van der Waals surface area contributed by atoms with Crippen LogP contribution in [0, 0.1) is 0 Å². The molecule has 0 spiro atoms. The zero-order chi connectivity index (χ0) is 21.3. The van der Waals surface area contributed by atoms with Crippen molar-refractivity contribution in [3.63, 3.8) is 0 Å². The first-order valence-corrected chi connectivity index (χ1v) is 9.26. The van der Waals surface area contributed by atoms with Crippen molar-refractivity contribution in [1.82, 2.24) is 10.1 Å². The van der Waals surface area contributed by atoms with E-state index in [0.717, 1.165) is 5.56 Å². The molecule has 0 bridgehead atoms. The third kappa shape index (κ3) is 5.16. The lowest BCUT2D eigenvalue weighted by Gasteiger charge is -2.07. The molecule has 0 N–H and O–H groups in total. The summed E-state index contributed by atoms with van der Waals surface area (Å²) in [7, 11) is 3.11. The van der Waals surface area contributed by atoms with Crippen LogP contribution in [0.5, 0.6) is 17.2 Å². The zero-order valence-corrected chi connectivity index (χ0v) is 17.0. The van der Waals surface area contributed by atoms with Crippen molar-refractivity contribution in [2.45, 2.75) is 13.5 Å². The number of methoxy groups -OCH3 is 2. The molecule has 30 heavy (non-hydrogen) atoms. The topological polar surface area (TPSA) is 92.9 Å². The van der Waals surface area contributed by atoms with Gasteiger partial charge in [-0.25, -0.2) is 4.79 Å². The third-order valence-electron chi connectivity index (χ3n) is 4.05. The highest BCUT2D eigenvalue weighted by Gasteiger charge is 2.14. The van der Waals surface area contributed by atoms with Crippen molar-refractivity contribution in [1.29, 1.82) is 0 Å². The second-order valence-corrected chi connectivity index (χ2v) is 6.00. The van der Waals surface area contributed by atoms with Gasteiger partial charge in [-0.15, -0.1) is 0 Å². The third-order valence-corrected chi connectivity index (χ3v) is 4.05. The van der Waals surface area contributed by atoms with Crippen molar-refractivity contribution in [2.24, 2.45) is 0 Å². The van der Waals surface area contributed by atoms with Gasteiger partial charge in [0.15, 0.2) is 18.1 Å². The van der Waals surface area contributed by atoms with Crippen LogP contribution in [0.15, 0.2) is 53.1 Å². The highest BCUT2D eigenvalue weighted by Crippen LogP contribution is 2.28. The van der Waals surface area contributed by atoms with Crippen LogP contribution < -0.4 is 14.2 Å². The number of nitrogens with zero attached hydrogens (tertiary/aromatic N) is 2. The Morgan fingerprint density at radius 3 is 2.63 bits per heavy atom. The molecule has 0 aliphatic heterocycles. The highest BCUT2D eigenvalue weighted by atomic mass is 16.6. The Labute approximate surface area is 174 Å². The van der Waals surface area contributed by atoms with Gasteiger partial charge in [0, 0.05) is 6.08 Å². The van der Waals surface area contributed by atoms with Crippen molar-refractivity contribution in [3.05, 3.63) is 60.0 Å². The van der Waals surface area contributed by atoms with E-state index in [1.807, 2.05) is 31.2 Å². The minimum absolute atomic E-state index is 0.140. The van der Waals surface area contributed by atoms with E-state index in [1.165, 1.54) is 6.08 Å². The van der Waals surface area contributed by atoms with E-state index in [1.54, 1.807) is 38.5 Å². The van der Waals surface area contributed by atoms with Crippen molar-refractivity contribution >= 4 is 12.0 Å². The normalized spacial score (nSPS) is 10.8. The maximum absolute atomic E-state index is 12.0. The van der Waals surface area contributed by atoms with Crippen LogP contribution in [-0.2, 0) is 16.1 Å². The average molecular weight is 410 g/mol. The second kappa shape index (κ2) is 10.1. The number of carbonyl (C=O) groups excluding carboxylic acids is 1. The summed E-state index contributed by atoms with van der Waals surface area (Å²) in [4.78, 5) is 16.3. The lowest BCUT2D eigenvalue weighted by Crippen LogP contribution is -2.01. The van der Waals surface area contributed by atoms with Crippen molar-refractivity contribution in [2.75, 3.05) is 20.8 Å². The van der Waals surface area contributed by atoms with E-state index in [2.05, 4.69) is 10.1 Å². The van der Waals surface area contributed by atoms with Gasteiger partial charge in [0.1, 0.15) is 5.75 Å². The molecule has 3 aromatic rings. The largest absolute Gasteiger partial charge is 0.493 e. The van der Waals surface area contributed by atoms with E-state index in [-0.39, 0.29) is 12.5 Å². The molecule has 0 aliphatic carbocycles.